The molecule has 0 saturated carbocycles. The summed E-state index contributed by atoms with van der Waals surface area (Å²) >= 11 is 6.76. The lowest BCUT2D eigenvalue weighted by Crippen LogP contribution is -2.29. The van der Waals surface area contributed by atoms with E-state index in [1.807, 2.05) is 18.2 Å². The molecule has 0 spiro atoms. The van der Waals surface area contributed by atoms with Gasteiger partial charge in [-0.2, -0.15) is 0 Å². The minimum Gasteiger partial charge on any atom is -0.348 e. The Kier molecular flexibility index (Phi) is 4.97. The van der Waals surface area contributed by atoms with Crippen LogP contribution in [0.3, 0.4) is 0 Å². The molecule has 5 heteroatoms. The molecule has 0 saturated heterocycles. The molecule has 0 fully saturated rings. The van der Waals surface area contributed by atoms with Crippen molar-refractivity contribution >= 4 is 37.8 Å². The molecule has 0 aromatic heterocycles. The fourth-order valence-electron chi connectivity index (χ4n) is 1.79. The number of carbonyl (C=O) groups is 1. The smallest absolute Gasteiger partial charge is 0.252 e. The normalized spacial score (nSPS) is 15.1. The number of hydrogen-bond donors (Lipinski definition) is 2. The molecule has 2 rings (SSSR count). The van der Waals surface area contributed by atoms with Crippen LogP contribution >= 0.6 is 31.9 Å². The van der Waals surface area contributed by atoms with E-state index in [4.69, 9.17) is 0 Å². The van der Waals surface area contributed by atoms with Crippen LogP contribution in [-0.4, -0.2) is 25.5 Å². The average molecular weight is 374 g/mol. The van der Waals surface area contributed by atoms with E-state index >= 15 is 0 Å². The van der Waals surface area contributed by atoms with Gasteiger partial charge in [-0.15, -0.1) is 0 Å². The number of rotatable bonds is 3. The summed E-state index contributed by atoms with van der Waals surface area (Å²) < 4.78 is 1.71. The summed E-state index contributed by atoms with van der Waals surface area (Å²) in [5.41, 5.74) is 1.94. The molecule has 1 amide bonds. The van der Waals surface area contributed by atoms with E-state index in [2.05, 4.69) is 48.6 Å². The summed E-state index contributed by atoms with van der Waals surface area (Å²) in [5.74, 6) is -0.0531. The topological polar surface area (TPSA) is 41.1 Å². The van der Waals surface area contributed by atoms with Gasteiger partial charge < -0.3 is 10.6 Å². The SMILES string of the molecule is O=C(NCC1=CCNCC1)c1cc(Br)ccc1Br. The monoisotopic (exact) mass is 372 g/mol. The lowest BCUT2D eigenvalue weighted by Gasteiger charge is -2.15. The molecule has 0 atom stereocenters. The standard InChI is InChI=1S/C13H14Br2N2O/c14-10-1-2-12(15)11(7-10)13(18)17-8-9-3-5-16-6-4-9/h1-3,7,16H,4-6,8H2,(H,17,18). The number of halogens is 2. The van der Waals surface area contributed by atoms with E-state index in [0.717, 1.165) is 28.5 Å². The average Bonchev–Trinajstić information content (AvgIpc) is 2.40. The van der Waals surface area contributed by atoms with E-state index < -0.39 is 0 Å². The molecule has 2 N–H and O–H groups in total. The molecule has 1 aromatic rings. The minimum absolute atomic E-state index is 0.0531. The van der Waals surface area contributed by atoms with Crippen LogP contribution < -0.4 is 10.6 Å². The van der Waals surface area contributed by atoms with Gasteiger partial charge in [-0.05, 0) is 47.1 Å². The van der Waals surface area contributed by atoms with E-state index in [-0.39, 0.29) is 5.91 Å². The predicted molar refractivity (Wildman–Crippen MR) is 79.7 cm³/mol. The summed E-state index contributed by atoms with van der Waals surface area (Å²) in [4.78, 5) is 12.1. The van der Waals surface area contributed by atoms with Crippen LogP contribution in [0.1, 0.15) is 16.8 Å². The van der Waals surface area contributed by atoms with Crippen LogP contribution in [0.5, 0.6) is 0 Å². The maximum Gasteiger partial charge on any atom is 0.252 e. The first-order chi connectivity index (χ1) is 8.66. The van der Waals surface area contributed by atoms with Crippen LogP contribution in [0.15, 0.2) is 38.8 Å². The van der Waals surface area contributed by atoms with Gasteiger partial charge in [0.25, 0.3) is 5.91 Å². The fraction of sp³-hybridized carbons (Fsp3) is 0.308. The van der Waals surface area contributed by atoms with Crippen LogP contribution in [0.2, 0.25) is 0 Å². The van der Waals surface area contributed by atoms with Gasteiger partial charge in [-0.1, -0.05) is 27.6 Å². The largest absolute Gasteiger partial charge is 0.348 e. The quantitative estimate of drug-likeness (QED) is 0.800. The highest BCUT2D eigenvalue weighted by Gasteiger charge is 2.11. The molecular formula is C13H14Br2N2O. The van der Waals surface area contributed by atoms with Gasteiger partial charge >= 0.3 is 0 Å². The van der Waals surface area contributed by atoms with Gasteiger partial charge in [0.15, 0.2) is 0 Å². The summed E-state index contributed by atoms with van der Waals surface area (Å²) in [6, 6.07) is 5.58. The number of benzene rings is 1. The third kappa shape index (κ3) is 3.67. The molecule has 3 nitrogen and oxygen atoms in total. The Morgan fingerprint density at radius 3 is 2.94 bits per heavy atom. The minimum atomic E-state index is -0.0531. The third-order valence-electron chi connectivity index (χ3n) is 2.81. The first-order valence-electron chi connectivity index (χ1n) is 5.78. The molecule has 1 aliphatic heterocycles. The summed E-state index contributed by atoms with van der Waals surface area (Å²) in [6.45, 7) is 2.51. The summed E-state index contributed by atoms with van der Waals surface area (Å²) in [5, 5.41) is 6.20. The van der Waals surface area contributed by atoms with Gasteiger partial charge in [0.05, 0.1) is 5.56 Å². The number of carbonyl (C=O) groups excluding carboxylic acids is 1. The van der Waals surface area contributed by atoms with Crippen LogP contribution in [0, 0.1) is 0 Å². The molecule has 0 bridgehead atoms. The summed E-state index contributed by atoms with van der Waals surface area (Å²) in [7, 11) is 0. The van der Waals surface area contributed by atoms with Crippen molar-refractivity contribution in [2.24, 2.45) is 0 Å². The Bertz CT molecular complexity index is 486. The lowest BCUT2D eigenvalue weighted by atomic mass is 10.1. The Morgan fingerprint density at radius 2 is 2.22 bits per heavy atom. The third-order valence-corrected chi connectivity index (χ3v) is 3.99. The number of amides is 1. The zero-order valence-corrected chi connectivity index (χ0v) is 13.0. The molecule has 0 radical (unpaired) electrons. The Balaban J connectivity index is 1.99. The Morgan fingerprint density at radius 1 is 1.39 bits per heavy atom. The highest BCUT2D eigenvalue weighted by molar-refractivity contribution is 9.11. The zero-order chi connectivity index (χ0) is 13.0. The van der Waals surface area contributed by atoms with Crippen molar-refractivity contribution in [3.8, 4) is 0 Å². The van der Waals surface area contributed by atoms with Gasteiger partial charge in [-0.3, -0.25) is 4.79 Å². The first kappa shape index (κ1) is 13.8. The molecule has 18 heavy (non-hydrogen) atoms. The second-order valence-electron chi connectivity index (χ2n) is 4.12. The van der Waals surface area contributed by atoms with E-state index in [9.17, 15) is 4.79 Å². The molecule has 1 heterocycles. The first-order valence-corrected chi connectivity index (χ1v) is 7.37. The highest BCUT2D eigenvalue weighted by Crippen LogP contribution is 2.21. The van der Waals surface area contributed by atoms with Crippen LogP contribution in [0.25, 0.3) is 0 Å². The van der Waals surface area contributed by atoms with Crippen molar-refractivity contribution in [3.05, 3.63) is 44.4 Å². The maximum atomic E-state index is 12.1. The van der Waals surface area contributed by atoms with Gasteiger partial charge in [0.1, 0.15) is 0 Å². The zero-order valence-electron chi connectivity index (χ0n) is 9.80. The van der Waals surface area contributed by atoms with Crippen molar-refractivity contribution in [1.82, 2.24) is 10.6 Å². The van der Waals surface area contributed by atoms with E-state index in [1.54, 1.807) is 0 Å². The van der Waals surface area contributed by atoms with Gasteiger partial charge in [0, 0.05) is 22.0 Å². The van der Waals surface area contributed by atoms with Gasteiger partial charge in [-0.25, -0.2) is 0 Å². The predicted octanol–water partition coefficient (Wildman–Crippen LogP) is 2.86. The fourth-order valence-corrected chi connectivity index (χ4v) is 2.58. The van der Waals surface area contributed by atoms with Crippen molar-refractivity contribution in [2.75, 3.05) is 19.6 Å². The molecule has 1 aromatic carbocycles. The van der Waals surface area contributed by atoms with Crippen molar-refractivity contribution in [2.45, 2.75) is 6.42 Å². The summed E-state index contributed by atoms with van der Waals surface area (Å²) in [6.07, 6.45) is 3.14. The number of nitrogens with one attached hydrogen (secondary N) is 2. The van der Waals surface area contributed by atoms with Crippen molar-refractivity contribution in [3.63, 3.8) is 0 Å². The van der Waals surface area contributed by atoms with Crippen molar-refractivity contribution < 1.29 is 4.79 Å². The second-order valence-corrected chi connectivity index (χ2v) is 5.89. The molecular weight excluding hydrogens is 360 g/mol. The molecule has 0 aliphatic carbocycles. The molecule has 0 unspecified atom stereocenters. The van der Waals surface area contributed by atoms with Crippen molar-refractivity contribution in [1.29, 1.82) is 0 Å². The Labute approximate surface area is 123 Å². The maximum absolute atomic E-state index is 12.1. The van der Waals surface area contributed by atoms with Crippen LogP contribution in [0.4, 0.5) is 0 Å². The number of hydrogen-bond acceptors (Lipinski definition) is 2. The van der Waals surface area contributed by atoms with Gasteiger partial charge in [0.2, 0.25) is 0 Å². The van der Waals surface area contributed by atoms with E-state index in [0.29, 0.717) is 12.1 Å². The second kappa shape index (κ2) is 6.50. The Hall–Kier alpha value is -0.650. The molecule has 1 aliphatic rings. The van der Waals surface area contributed by atoms with E-state index in [1.165, 1.54) is 5.57 Å². The van der Waals surface area contributed by atoms with Crippen LogP contribution in [-0.2, 0) is 0 Å². The lowest BCUT2D eigenvalue weighted by molar-refractivity contribution is 0.0956. The highest BCUT2D eigenvalue weighted by atomic mass is 79.9. The molecule has 96 valence electrons.